The number of hydrogen-bond donors (Lipinski definition) is 1. The molecule has 0 aromatic heterocycles. The molecule has 5 unspecified atom stereocenters. The number of ether oxygens (including phenoxy) is 1. The summed E-state index contributed by atoms with van der Waals surface area (Å²) >= 11 is 0. The van der Waals surface area contributed by atoms with Gasteiger partial charge in [0.15, 0.2) is 0 Å². The summed E-state index contributed by atoms with van der Waals surface area (Å²) in [7, 11) is 2.08. The van der Waals surface area contributed by atoms with Gasteiger partial charge in [-0.2, -0.15) is 0 Å². The maximum absolute atomic E-state index is 5.98. The maximum Gasteiger partial charge on any atom is 0.0597 e. The standard InChI is InChI=1S/C17H27NO/c1-12-13(2)19-14(3)17(12)16(18-4)11-10-15-8-6-5-7-9-15/h5-9,12-14,16-18H,10-11H2,1-4H3. The van der Waals surface area contributed by atoms with Crippen molar-refractivity contribution in [1.29, 1.82) is 0 Å². The summed E-state index contributed by atoms with van der Waals surface area (Å²) in [6.45, 7) is 6.74. The monoisotopic (exact) mass is 261 g/mol. The lowest BCUT2D eigenvalue weighted by molar-refractivity contribution is 0.0475. The summed E-state index contributed by atoms with van der Waals surface area (Å²) < 4.78 is 5.98. The second-order valence-corrected chi connectivity index (χ2v) is 5.90. The van der Waals surface area contributed by atoms with Crippen LogP contribution in [0.5, 0.6) is 0 Å². The SMILES string of the molecule is CNC(CCc1ccccc1)C1C(C)OC(C)C1C. The predicted octanol–water partition coefficient (Wildman–Crippen LogP) is 3.27. The Hall–Kier alpha value is -0.860. The van der Waals surface area contributed by atoms with E-state index < -0.39 is 0 Å². The molecule has 1 aromatic rings. The number of rotatable bonds is 5. The molecule has 0 aliphatic carbocycles. The van der Waals surface area contributed by atoms with Crippen LogP contribution in [0.25, 0.3) is 0 Å². The van der Waals surface area contributed by atoms with Gasteiger partial charge in [0.2, 0.25) is 0 Å². The Labute approximate surface area is 117 Å². The van der Waals surface area contributed by atoms with Gasteiger partial charge in [-0.05, 0) is 45.2 Å². The Balaban J connectivity index is 1.96. The fourth-order valence-electron chi connectivity index (χ4n) is 3.48. The van der Waals surface area contributed by atoms with E-state index in [1.165, 1.54) is 12.0 Å². The van der Waals surface area contributed by atoms with E-state index in [4.69, 9.17) is 4.74 Å². The highest BCUT2D eigenvalue weighted by Gasteiger charge is 2.40. The summed E-state index contributed by atoms with van der Waals surface area (Å²) in [4.78, 5) is 0. The molecule has 0 amide bonds. The molecule has 1 N–H and O–H groups in total. The van der Waals surface area contributed by atoms with E-state index in [1.54, 1.807) is 0 Å². The second kappa shape index (κ2) is 6.53. The molecular weight excluding hydrogens is 234 g/mol. The zero-order valence-electron chi connectivity index (χ0n) is 12.6. The lowest BCUT2D eigenvalue weighted by atomic mass is 9.81. The zero-order chi connectivity index (χ0) is 13.8. The van der Waals surface area contributed by atoms with Crippen LogP contribution in [0.4, 0.5) is 0 Å². The van der Waals surface area contributed by atoms with Crippen LogP contribution in [-0.4, -0.2) is 25.3 Å². The highest BCUT2D eigenvalue weighted by molar-refractivity contribution is 5.15. The molecule has 0 bridgehead atoms. The summed E-state index contributed by atoms with van der Waals surface area (Å²) in [5.74, 6) is 1.24. The van der Waals surface area contributed by atoms with Crippen LogP contribution in [0.2, 0.25) is 0 Å². The van der Waals surface area contributed by atoms with Gasteiger partial charge in [-0.1, -0.05) is 37.3 Å². The highest BCUT2D eigenvalue weighted by Crippen LogP contribution is 2.35. The molecule has 2 nitrogen and oxygen atoms in total. The lowest BCUT2D eigenvalue weighted by Gasteiger charge is -2.28. The lowest BCUT2D eigenvalue weighted by Crippen LogP contribution is -2.40. The molecule has 1 fully saturated rings. The van der Waals surface area contributed by atoms with Crippen molar-refractivity contribution in [3.05, 3.63) is 35.9 Å². The van der Waals surface area contributed by atoms with Crippen LogP contribution >= 0.6 is 0 Å². The number of aryl methyl sites for hydroxylation is 1. The van der Waals surface area contributed by atoms with Gasteiger partial charge in [-0.3, -0.25) is 0 Å². The Morgan fingerprint density at radius 1 is 1.11 bits per heavy atom. The first kappa shape index (κ1) is 14.5. The molecule has 0 saturated carbocycles. The van der Waals surface area contributed by atoms with Gasteiger partial charge >= 0.3 is 0 Å². The molecule has 19 heavy (non-hydrogen) atoms. The molecule has 1 aliphatic heterocycles. The quantitative estimate of drug-likeness (QED) is 0.878. The van der Waals surface area contributed by atoms with Gasteiger partial charge < -0.3 is 10.1 Å². The van der Waals surface area contributed by atoms with Crippen molar-refractivity contribution in [3.63, 3.8) is 0 Å². The smallest absolute Gasteiger partial charge is 0.0597 e. The summed E-state index contributed by atoms with van der Waals surface area (Å²) in [5.41, 5.74) is 1.43. The molecule has 106 valence electrons. The van der Waals surface area contributed by atoms with Crippen molar-refractivity contribution < 1.29 is 4.74 Å². The predicted molar refractivity (Wildman–Crippen MR) is 80.3 cm³/mol. The Kier molecular flexibility index (Phi) is 5.00. The van der Waals surface area contributed by atoms with Crippen LogP contribution in [0.1, 0.15) is 32.8 Å². The molecule has 0 radical (unpaired) electrons. The van der Waals surface area contributed by atoms with Gasteiger partial charge in [-0.25, -0.2) is 0 Å². The molecule has 2 heteroatoms. The van der Waals surface area contributed by atoms with E-state index in [0.717, 1.165) is 6.42 Å². The topological polar surface area (TPSA) is 21.3 Å². The van der Waals surface area contributed by atoms with E-state index >= 15 is 0 Å². The fraction of sp³-hybridized carbons (Fsp3) is 0.647. The van der Waals surface area contributed by atoms with Crippen LogP contribution < -0.4 is 5.32 Å². The minimum Gasteiger partial charge on any atom is -0.375 e. The molecule has 1 aromatic carbocycles. The first-order chi connectivity index (χ1) is 9.13. The zero-order valence-corrected chi connectivity index (χ0v) is 12.6. The third-order valence-electron chi connectivity index (χ3n) is 4.74. The Bertz CT molecular complexity index is 378. The van der Waals surface area contributed by atoms with Crippen molar-refractivity contribution in [2.24, 2.45) is 11.8 Å². The average Bonchev–Trinajstić information content (AvgIpc) is 2.67. The summed E-state index contributed by atoms with van der Waals surface area (Å²) in [6, 6.07) is 11.3. The van der Waals surface area contributed by atoms with Gasteiger partial charge in [0.1, 0.15) is 0 Å². The summed E-state index contributed by atoms with van der Waals surface area (Å²) in [6.07, 6.45) is 3.05. The highest BCUT2D eigenvalue weighted by atomic mass is 16.5. The van der Waals surface area contributed by atoms with Crippen LogP contribution in [0, 0.1) is 11.8 Å². The van der Waals surface area contributed by atoms with Gasteiger partial charge in [0.05, 0.1) is 12.2 Å². The number of nitrogens with one attached hydrogen (secondary N) is 1. The molecule has 2 rings (SSSR count). The van der Waals surface area contributed by atoms with E-state index in [9.17, 15) is 0 Å². The largest absolute Gasteiger partial charge is 0.375 e. The first-order valence-corrected chi connectivity index (χ1v) is 7.50. The van der Waals surface area contributed by atoms with Gasteiger partial charge in [0, 0.05) is 12.0 Å². The minimum atomic E-state index is 0.359. The normalized spacial score (nSPS) is 32.4. The Morgan fingerprint density at radius 3 is 2.32 bits per heavy atom. The molecule has 1 saturated heterocycles. The number of benzene rings is 1. The van der Waals surface area contributed by atoms with Gasteiger partial charge in [-0.15, -0.1) is 0 Å². The molecule has 5 atom stereocenters. The van der Waals surface area contributed by atoms with E-state index in [-0.39, 0.29) is 0 Å². The van der Waals surface area contributed by atoms with Crippen LogP contribution in [0.3, 0.4) is 0 Å². The number of hydrogen-bond acceptors (Lipinski definition) is 2. The Morgan fingerprint density at radius 2 is 1.79 bits per heavy atom. The van der Waals surface area contributed by atoms with Crippen molar-refractivity contribution in [2.75, 3.05) is 7.05 Å². The third kappa shape index (κ3) is 3.37. The first-order valence-electron chi connectivity index (χ1n) is 7.50. The minimum absolute atomic E-state index is 0.359. The van der Waals surface area contributed by atoms with E-state index in [1.807, 2.05) is 0 Å². The van der Waals surface area contributed by atoms with Crippen molar-refractivity contribution in [2.45, 2.75) is 51.9 Å². The van der Waals surface area contributed by atoms with Crippen molar-refractivity contribution >= 4 is 0 Å². The molecular formula is C17H27NO. The molecule has 0 spiro atoms. The van der Waals surface area contributed by atoms with Crippen molar-refractivity contribution in [1.82, 2.24) is 5.32 Å². The van der Waals surface area contributed by atoms with Gasteiger partial charge in [0.25, 0.3) is 0 Å². The summed E-state index contributed by atoms with van der Waals surface area (Å²) in [5, 5.41) is 3.52. The average molecular weight is 261 g/mol. The fourth-order valence-corrected chi connectivity index (χ4v) is 3.48. The van der Waals surface area contributed by atoms with Crippen LogP contribution in [0.15, 0.2) is 30.3 Å². The third-order valence-corrected chi connectivity index (χ3v) is 4.74. The molecule has 1 aliphatic rings. The van der Waals surface area contributed by atoms with E-state index in [0.29, 0.717) is 30.1 Å². The molecule has 1 heterocycles. The van der Waals surface area contributed by atoms with E-state index in [2.05, 4.69) is 63.5 Å². The van der Waals surface area contributed by atoms with Crippen molar-refractivity contribution in [3.8, 4) is 0 Å². The second-order valence-electron chi connectivity index (χ2n) is 5.90. The maximum atomic E-state index is 5.98. The van der Waals surface area contributed by atoms with Crippen LogP contribution in [-0.2, 0) is 11.2 Å².